The third-order valence-corrected chi connectivity index (χ3v) is 6.51. The number of anilines is 1. The normalized spacial score (nSPS) is 16.0. The first-order valence-electron chi connectivity index (χ1n) is 11.3. The first-order chi connectivity index (χ1) is 15.7. The second-order valence-electron chi connectivity index (χ2n) is 10.0. The Kier molecular flexibility index (Phi) is 4.88. The van der Waals surface area contributed by atoms with Crippen molar-refractivity contribution in [3.8, 4) is 11.5 Å². The molecule has 1 aromatic heterocycles. The maximum atomic E-state index is 13.4. The zero-order valence-corrected chi connectivity index (χ0v) is 19.4. The van der Waals surface area contributed by atoms with E-state index in [-0.39, 0.29) is 26.9 Å². The minimum Gasteiger partial charge on any atom is -0.454 e. The van der Waals surface area contributed by atoms with Crippen LogP contribution < -0.4 is 20.1 Å². The highest BCUT2D eigenvalue weighted by atomic mass is 16.7. The van der Waals surface area contributed by atoms with Crippen LogP contribution in [0.5, 0.6) is 11.5 Å². The fourth-order valence-electron chi connectivity index (χ4n) is 4.37. The number of fused-ring (bicyclic) bond motifs is 2. The fraction of sp³-hybridized carbons (Fsp3) is 0.385. The van der Waals surface area contributed by atoms with Crippen LogP contribution in [-0.4, -0.2) is 23.6 Å². The summed E-state index contributed by atoms with van der Waals surface area (Å²) in [4.78, 5) is 28.5. The second-order valence-corrected chi connectivity index (χ2v) is 10.0. The van der Waals surface area contributed by atoms with Crippen molar-refractivity contribution >= 4 is 28.4 Å². The number of amides is 2. The standard InChI is InChI=1S/C26H29N3O4.2H2/c1-15(30)27-13-17-10-19(9-16-11-22(25(2,3)4)29-23(16)17)28-24(31)26(7-8-26)18-5-6-20-21(12-18)33-14-32-20;;/h5-6,9-12,29H,7-8,13-14H2,1-4H3,(H,27,30)(H,28,31);2*1H. The van der Waals surface area contributed by atoms with Gasteiger partial charge in [-0.15, -0.1) is 0 Å². The molecule has 0 unspecified atom stereocenters. The number of rotatable bonds is 5. The lowest BCUT2D eigenvalue weighted by Gasteiger charge is -2.17. The van der Waals surface area contributed by atoms with Gasteiger partial charge in [0, 0.05) is 38.5 Å². The van der Waals surface area contributed by atoms with Crippen molar-refractivity contribution < 1.29 is 21.9 Å². The number of ether oxygens (including phenoxy) is 2. The summed E-state index contributed by atoms with van der Waals surface area (Å²) >= 11 is 0. The van der Waals surface area contributed by atoms with E-state index in [0.29, 0.717) is 18.0 Å². The van der Waals surface area contributed by atoms with Crippen molar-refractivity contribution in [1.82, 2.24) is 10.3 Å². The fourth-order valence-corrected chi connectivity index (χ4v) is 4.37. The first-order valence-corrected chi connectivity index (χ1v) is 11.3. The van der Waals surface area contributed by atoms with Crippen LogP contribution in [0.1, 0.15) is 60.2 Å². The van der Waals surface area contributed by atoms with Crippen LogP contribution in [0.3, 0.4) is 0 Å². The Morgan fingerprint density at radius 3 is 2.55 bits per heavy atom. The molecule has 3 aromatic rings. The first kappa shape index (κ1) is 21.4. The van der Waals surface area contributed by atoms with E-state index in [4.69, 9.17) is 9.47 Å². The van der Waals surface area contributed by atoms with Crippen LogP contribution in [-0.2, 0) is 27.0 Å². The molecule has 176 valence electrons. The van der Waals surface area contributed by atoms with Crippen molar-refractivity contribution in [1.29, 1.82) is 0 Å². The molecule has 1 aliphatic heterocycles. The third-order valence-electron chi connectivity index (χ3n) is 6.51. The van der Waals surface area contributed by atoms with Crippen LogP contribution in [0.25, 0.3) is 10.9 Å². The van der Waals surface area contributed by atoms with Gasteiger partial charge in [-0.2, -0.15) is 0 Å². The van der Waals surface area contributed by atoms with Crippen molar-refractivity contribution in [3.05, 3.63) is 53.2 Å². The van der Waals surface area contributed by atoms with Gasteiger partial charge in [0.05, 0.1) is 10.9 Å². The monoisotopic (exact) mass is 451 g/mol. The quantitative estimate of drug-likeness (QED) is 0.509. The molecule has 0 saturated heterocycles. The van der Waals surface area contributed by atoms with E-state index >= 15 is 0 Å². The smallest absolute Gasteiger partial charge is 0.235 e. The van der Waals surface area contributed by atoms with E-state index in [0.717, 1.165) is 46.3 Å². The van der Waals surface area contributed by atoms with E-state index in [1.165, 1.54) is 6.92 Å². The Bertz CT molecular complexity index is 1280. The lowest BCUT2D eigenvalue weighted by Crippen LogP contribution is -2.28. The zero-order chi connectivity index (χ0) is 23.4. The average Bonchev–Trinajstić information content (AvgIpc) is 3.22. The number of carbonyl (C=O) groups is 2. The van der Waals surface area contributed by atoms with Gasteiger partial charge in [0.15, 0.2) is 11.5 Å². The summed E-state index contributed by atoms with van der Waals surface area (Å²) in [5, 5.41) is 7.02. The van der Waals surface area contributed by atoms with Crippen molar-refractivity contribution in [2.24, 2.45) is 0 Å². The van der Waals surface area contributed by atoms with Crippen molar-refractivity contribution in [2.45, 2.75) is 57.9 Å². The van der Waals surface area contributed by atoms with Crippen LogP contribution in [0.4, 0.5) is 5.69 Å². The van der Waals surface area contributed by atoms with E-state index < -0.39 is 5.41 Å². The molecule has 1 saturated carbocycles. The molecule has 2 amide bonds. The largest absolute Gasteiger partial charge is 0.454 e. The summed E-state index contributed by atoms with van der Waals surface area (Å²) < 4.78 is 10.9. The van der Waals surface area contributed by atoms with Gasteiger partial charge in [0.25, 0.3) is 0 Å². The Morgan fingerprint density at radius 2 is 1.85 bits per heavy atom. The number of hydrogen-bond acceptors (Lipinski definition) is 4. The molecule has 33 heavy (non-hydrogen) atoms. The highest BCUT2D eigenvalue weighted by molar-refractivity contribution is 6.03. The molecule has 2 aliphatic rings. The average molecular weight is 452 g/mol. The SMILES string of the molecule is CC(=O)NCc1cc(NC(=O)C2(c3ccc4c(c3)OCO4)CC2)cc2cc(C(C)(C)C)[nH]c12.[HH].[HH]. The second kappa shape index (κ2) is 7.54. The predicted molar refractivity (Wildman–Crippen MR) is 131 cm³/mol. The number of H-pyrrole nitrogens is 1. The maximum absolute atomic E-state index is 13.4. The Balaban J connectivity index is 0.00000171. The van der Waals surface area contributed by atoms with Crippen molar-refractivity contribution in [3.63, 3.8) is 0 Å². The van der Waals surface area contributed by atoms with E-state index in [1.54, 1.807) is 0 Å². The summed E-state index contributed by atoms with van der Waals surface area (Å²) in [6.45, 7) is 8.54. The number of carbonyl (C=O) groups excluding carboxylic acids is 2. The van der Waals surface area contributed by atoms with Crippen molar-refractivity contribution in [2.75, 3.05) is 12.1 Å². The summed E-state index contributed by atoms with van der Waals surface area (Å²) in [7, 11) is 0. The van der Waals surface area contributed by atoms with Crippen LogP contribution >= 0.6 is 0 Å². The van der Waals surface area contributed by atoms with Gasteiger partial charge < -0.3 is 25.1 Å². The maximum Gasteiger partial charge on any atom is 0.235 e. The molecule has 0 atom stereocenters. The highest BCUT2D eigenvalue weighted by Crippen LogP contribution is 2.51. The van der Waals surface area contributed by atoms with E-state index in [1.807, 2.05) is 30.3 Å². The number of aromatic nitrogens is 1. The summed E-state index contributed by atoms with van der Waals surface area (Å²) in [5.41, 5.74) is 4.07. The van der Waals surface area contributed by atoms with Gasteiger partial charge >= 0.3 is 0 Å². The molecule has 1 fully saturated rings. The summed E-state index contributed by atoms with van der Waals surface area (Å²) in [6, 6.07) is 11.8. The van der Waals surface area contributed by atoms with Gasteiger partial charge in [-0.05, 0) is 54.3 Å². The van der Waals surface area contributed by atoms with Crippen LogP contribution in [0.15, 0.2) is 36.4 Å². The van der Waals surface area contributed by atoms with Crippen LogP contribution in [0, 0.1) is 0 Å². The molecule has 7 heteroatoms. The molecular formula is C26H33N3O4. The van der Waals surface area contributed by atoms with Gasteiger partial charge in [0.1, 0.15) is 0 Å². The molecule has 5 rings (SSSR count). The van der Waals surface area contributed by atoms with Gasteiger partial charge in [-0.1, -0.05) is 26.8 Å². The molecule has 7 nitrogen and oxygen atoms in total. The van der Waals surface area contributed by atoms with E-state index in [2.05, 4.69) is 42.5 Å². The number of nitrogens with one attached hydrogen (secondary N) is 3. The summed E-state index contributed by atoms with van der Waals surface area (Å²) in [5.74, 6) is 1.27. The molecule has 0 spiro atoms. The summed E-state index contributed by atoms with van der Waals surface area (Å²) in [6.07, 6.45) is 1.58. The van der Waals surface area contributed by atoms with E-state index in [9.17, 15) is 9.59 Å². The highest BCUT2D eigenvalue weighted by Gasteiger charge is 2.51. The van der Waals surface area contributed by atoms with Gasteiger partial charge in [-0.3, -0.25) is 9.59 Å². The Hall–Kier alpha value is -3.48. The molecule has 3 N–H and O–H groups in total. The molecule has 0 radical (unpaired) electrons. The molecule has 2 aromatic carbocycles. The number of aromatic amines is 1. The lowest BCUT2D eigenvalue weighted by atomic mass is 9.92. The van der Waals surface area contributed by atoms with Gasteiger partial charge in [-0.25, -0.2) is 0 Å². The zero-order valence-electron chi connectivity index (χ0n) is 19.4. The minimum atomic E-state index is -0.553. The van der Waals surface area contributed by atoms with Crippen LogP contribution in [0.2, 0.25) is 0 Å². The number of hydrogen-bond donors (Lipinski definition) is 3. The minimum absolute atomic E-state index is 0. The predicted octanol–water partition coefficient (Wildman–Crippen LogP) is 4.99. The molecule has 2 heterocycles. The Labute approximate surface area is 195 Å². The molecule has 0 bridgehead atoms. The third kappa shape index (κ3) is 3.92. The number of benzene rings is 2. The molecule has 1 aliphatic carbocycles. The molecular weight excluding hydrogens is 418 g/mol. The topological polar surface area (TPSA) is 92.5 Å². The Morgan fingerprint density at radius 1 is 1.09 bits per heavy atom. The van der Waals surface area contributed by atoms with Gasteiger partial charge in [0.2, 0.25) is 18.6 Å². The lowest BCUT2D eigenvalue weighted by molar-refractivity contribution is -0.119.